The first-order valence-electron chi connectivity index (χ1n) is 5.23. The van der Waals surface area contributed by atoms with E-state index in [1.807, 2.05) is 27.7 Å². The molecule has 0 radical (unpaired) electrons. The van der Waals surface area contributed by atoms with E-state index in [4.69, 9.17) is 0 Å². The molecule has 1 rings (SSSR count). The van der Waals surface area contributed by atoms with Gasteiger partial charge in [-0.1, -0.05) is 18.3 Å². The molecular formula is C10H17N3OS. The van der Waals surface area contributed by atoms with Crippen molar-refractivity contribution in [1.29, 1.82) is 0 Å². The van der Waals surface area contributed by atoms with Crippen LogP contribution in [0.3, 0.4) is 0 Å². The Kier molecular flexibility index (Phi) is 4.20. The fraction of sp³-hybridized carbons (Fsp3) is 0.700. The summed E-state index contributed by atoms with van der Waals surface area (Å²) in [6.07, 6.45) is 0. The summed E-state index contributed by atoms with van der Waals surface area (Å²) in [7, 11) is 0. The maximum Gasteiger partial charge on any atom is 0.267 e. The van der Waals surface area contributed by atoms with Crippen molar-refractivity contribution in [2.45, 2.75) is 33.6 Å². The van der Waals surface area contributed by atoms with Crippen molar-refractivity contribution in [3.05, 3.63) is 10.6 Å². The van der Waals surface area contributed by atoms with E-state index in [-0.39, 0.29) is 11.8 Å². The molecule has 84 valence electrons. The number of carbonyl (C=O) groups excluding carboxylic acids is 1. The van der Waals surface area contributed by atoms with Crippen LogP contribution in [0.1, 0.15) is 49.0 Å². The Labute approximate surface area is 94.5 Å². The first-order chi connectivity index (χ1) is 7.11. The first kappa shape index (κ1) is 12.1. The summed E-state index contributed by atoms with van der Waals surface area (Å²) in [6.45, 7) is 9.46. The molecule has 0 aromatic carbocycles. The Morgan fingerprint density at radius 2 is 2.00 bits per heavy atom. The summed E-state index contributed by atoms with van der Waals surface area (Å²) in [5.74, 6) is 0.303. The van der Waals surface area contributed by atoms with Gasteiger partial charge in [0, 0.05) is 13.1 Å². The molecular weight excluding hydrogens is 210 g/mol. The minimum absolute atomic E-state index is 0.0544. The van der Waals surface area contributed by atoms with Crippen LogP contribution in [0.25, 0.3) is 0 Å². The lowest BCUT2D eigenvalue weighted by molar-refractivity contribution is 0.0776. The van der Waals surface area contributed by atoms with E-state index in [2.05, 4.69) is 9.59 Å². The van der Waals surface area contributed by atoms with Gasteiger partial charge in [-0.15, -0.1) is 5.10 Å². The van der Waals surface area contributed by atoms with Crippen molar-refractivity contribution < 1.29 is 4.79 Å². The molecule has 0 bridgehead atoms. The molecule has 5 heteroatoms. The highest BCUT2D eigenvalue weighted by Gasteiger charge is 2.21. The monoisotopic (exact) mass is 227 g/mol. The largest absolute Gasteiger partial charge is 0.338 e. The minimum atomic E-state index is 0.0544. The molecule has 0 N–H and O–H groups in total. The van der Waals surface area contributed by atoms with Crippen LogP contribution < -0.4 is 0 Å². The first-order valence-corrected chi connectivity index (χ1v) is 6.00. The molecule has 0 saturated carbocycles. The van der Waals surface area contributed by atoms with Crippen molar-refractivity contribution in [1.82, 2.24) is 14.5 Å². The zero-order valence-electron chi connectivity index (χ0n) is 9.65. The number of amides is 1. The molecule has 1 amide bonds. The van der Waals surface area contributed by atoms with E-state index in [1.165, 1.54) is 11.5 Å². The molecule has 0 aliphatic carbocycles. The average Bonchev–Trinajstić information content (AvgIpc) is 2.67. The van der Waals surface area contributed by atoms with E-state index in [1.54, 1.807) is 4.90 Å². The van der Waals surface area contributed by atoms with Crippen molar-refractivity contribution in [2.75, 3.05) is 13.1 Å². The average molecular weight is 227 g/mol. The number of carbonyl (C=O) groups is 1. The van der Waals surface area contributed by atoms with E-state index in [0.717, 1.165) is 18.8 Å². The van der Waals surface area contributed by atoms with E-state index < -0.39 is 0 Å². The number of aromatic nitrogens is 2. The lowest BCUT2D eigenvalue weighted by Crippen LogP contribution is -2.30. The number of nitrogens with zero attached hydrogens (tertiary/aromatic N) is 3. The molecule has 0 saturated heterocycles. The Hall–Kier alpha value is -0.970. The van der Waals surface area contributed by atoms with Gasteiger partial charge in [-0.3, -0.25) is 4.79 Å². The Morgan fingerprint density at radius 3 is 2.47 bits per heavy atom. The van der Waals surface area contributed by atoms with Crippen LogP contribution in [-0.4, -0.2) is 33.5 Å². The topological polar surface area (TPSA) is 46.1 Å². The highest BCUT2D eigenvalue weighted by molar-refractivity contribution is 7.08. The third-order valence-corrected chi connectivity index (χ3v) is 3.03. The molecule has 0 spiro atoms. The Bertz CT molecular complexity index is 331. The van der Waals surface area contributed by atoms with Gasteiger partial charge in [-0.05, 0) is 31.3 Å². The minimum Gasteiger partial charge on any atom is -0.338 e. The SMILES string of the molecule is CCN(CC)C(=O)c1snnc1C(C)C. The van der Waals surface area contributed by atoms with Gasteiger partial charge in [0.1, 0.15) is 4.88 Å². The quantitative estimate of drug-likeness (QED) is 0.791. The second kappa shape index (κ2) is 5.21. The molecule has 0 aliphatic heterocycles. The summed E-state index contributed by atoms with van der Waals surface area (Å²) in [5, 5.41) is 4.01. The summed E-state index contributed by atoms with van der Waals surface area (Å²) >= 11 is 1.19. The zero-order chi connectivity index (χ0) is 11.4. The van der Waals surface area contributed by atoms with Crippen molar-refractivity contribution in [2.24, 2.45) is 0 Å². The lowest BCUT2D eigenvalue weighted by Gasteiger charge is -2.18. The molecule has 15 heavy (non-hydrogen) atoms. The maximum atomic E-state index is 12.0. The second-order valence-corrected chi connectivity index (χ2v) is 4.37. The molecule has 1 heterocycles. The van der Waals surface area contributed by atoms with Gasteiger partial charge < -0.3 is 4.90 Å². The van der Waals surface area contributed by atoms with Crippen molar-refractivity contribution in [3.8, 4) is 0 Å². The molecule has 4 nitrogen and oxygen atoms in total. The molecule has 0 aliphatic rings. The molecule has 0 unspecified atom stereocenters. The van der Waals surface area contributed by atoms with Crippen molar-refractivity contribution >= 4 is 17.4 Å². The second-order valence-electron chi connectivity index (χ2n) is 3.62. The van der Waals surface area contributed by atoms with Crippen LogP contribution in [0, 0.1) is 0 Å². The molecule has 1 aromatic rings. The van der Waals surface area contributed by atoms with Gasteiger partial charge in [0.25, 0.3) is 5.91 Å². The van der Waals surface area contributed by atoms with Crippen molar-refractivity contribution in [3.63, 3.8) is 0 Å². The third-order valence-electron chi connectivity index (χ3n) is 2.31. The summed E-state index contributed by atoms with van der Waals surface area (Å²) in [4.78, 5) is 14.5. The van der Waals surface area contributed by atoms with Gasteiger partial charge in [0.15, 0.2) is 0 Å². The van der Waals surface area contributed by atoms with Gasteiger partial charge >= 0.3 is 0 Å². The Balaban J connectivity index is 2.95. The highest BCUT2D eigenvalue weighted by atomic mass is 32.1. The number of hydrogen-bond acceptors (Lipinski definition) is 4. The van der Waals surface area contributed by atoms with Crippen LogP contribution in [0.5, 0.6) is 0 Å². The molecule has 0 fully saturated rings. The van der Waals surface area contributed by atoms with Gasteiger partial charge in [-0.2, -0.15) is 0 Å². The predicted molar refractivity (Wildman–Crippen MR) is 61.2 cm³/mol. The van der Waals surface area contributed by atoms with Crippen LogP contribution in [-0.2, 0) is 0 Å². The summed E-state index contributed by atoms with van der Waals surface area (Å²) in [6, 6.07) is 0. The lowest BCUT2D eigenvalue weighted by atomic mass is 10.1. The highest BCUT2D eigenvalue weighted by Crippen LogP contribution is 2.21. The normalized spacial score (nSPS) is 10.7. The summed E-state index contributed by atoms with van der Waals surface area (Å²) < 4.78 is 3.86. The maximum absolute atomic E-state index is 12.0. The molecule has 0 atom stereocenters. The van der Waals surface area contributed by atoms with Crippen LogP contribution >= 0.6 is 11.5 Å². The van der Waals surface area contributed by atoms with Crippen LogP contribution in [0.15, 0.2) is 0 Å². The van der Waals surface area contributed by atoms with Gasteiger partial charge in [0.05, 0.1) is 5.69 Å². The van der Waals surface area contributed by atoms with Crippen LogP contribution in [0.4, 0.5) is 0 Å². The van der Waals surface area contributed by atoms with Gasteiger partial charge in [-0.25, -0.2) is 0 Å². The smallest absolute Gasteiger partial charge is 0.267 e. The standard InChI is InChI=1S/C10H17N3OS/c1-5-13(6-2)10(14)9-8(7(3)4)11-12-15-9/h7H,5-6H2,1-4H3. The van der Waals surface area contributed by atoms with E-state index >= 15 is 0 Å². The summed E-state index contributed by atoms with van der Waals surface area (Å²) in [5.41, 5.74) is 0.817. The van der Waals surface area contributed by atoms with Gasteiger partial charge in [0.2, 0.25) is 0 Å². The number of rotatable bonds is 4. The fourth-order valence-electron chi connectivity index (χ4n) is 1.38. The Morgan fingerprint density at radius 1 is 1.40 bits per heavy atom. The van der Waals surface area contributed by atoms with E-state index in [9.17, 15) is 4.79 Å². The van der Waals surface area contributed by atoms with Crippen LogP contribution in [0.2, 0.25) is 0 Å². The molecule has 1 aromatic heterocycles. The number of hydrogen-bond donors (Lipinski definition) is 0. The zero-order valence-corrected chi connectivity index (χ0v) is 10.5. The fourth-order valence-corrected chi connectivity index (χ4v) is 2.17. The van der Waals surface area contributed by atoms with E-state index in [0.29, 0.717) is 4.88 Å². The third kappa shape index (κ3) is 2.53. The predicted octanol–water partition coefficient (Wildman–Crippen LogP) is 2.14.